The van der Waals surface area contributed by atoms with E-state index in [1.807, 2.05) is 0 Å². The Hall–Kier alpha value is -1.26. The van der Waals surface area contributed by atoms with Gasteiger partial charge in [0.25, 0.3) is 5.91 Å². The number of nitrogens with zero attached hydrogens (tertiary/aromatic N) is 2. The normalized spacial score (nSPS) is 14.4. The van der Waals surface area contributed by atoms with Gasteiger partial charge >= 0.3 is 0 Å². The van der Waals surface area contributed by atoms with Gasteiger partial charge in [-0.05, 0) is 44.3 Å². The molecule has 5 heteroatoms. The molecule has 20 heavy (non-hydrogen) atoms. The number of halogens is 1. The summed E-state index contributed by atoms with van der Waals surface area (Å²) in [7, 11) is 0. The average Bonchev–Trinajstić information content (AvgIpc) is 2.46. The Morgan fingerprint density at radius 2 is 2.10 bits per heavy atom. The van der Waals surface area contributed by atoms with Gasteiger partial charge in [-0.25, -0.2) is 0 Å². The minimum atomic E-state index is 0.00768. The second kappa shape index (κ2) is 6.95. The first-order chi connectivity index (χ1) is 9.65. The summed E-state index contributed by atoms with van der Waals surface area (Å²) in [6.45, 7) is 8.42. The van der Waals surface area contributed by atoms with Crippen molar-refractivity contribution in [3.63, 3.8) is 0 Å². The van der Waals surface area contributed by atoms with E-state index in [2.05, 4.69) is 18.7 Å². The van der Waals surface area contributed by atoms with Crippen molar-refractivity contribution in [2.75, 3.05) is 32.9 Å². The van der Waals surface area contributed by atoms with Gasteiger partial charge in [-0.3, -0.25) is 4.79 Å². The summed E-state index contributed by atoms with van der Waals surface area (Å²) in [6, 6.07) is 5.17. The zero-order valence-corrected chi connectivity index (χ0v) is 12.8. The van der Waals surface area contributed by atoms with Gasteiger partial charge in [0.1, 0.15) is 5.75 Å². The second-order valence-corrected chi connectivity index (χ2v) is 5.30. The molecule has 1 amide bonds. The minimum Gasteiger partial charge on any atom is -0.472 e. The van der Waals surface area contributed by atoms with Crippen LogP contribution in [0, 0.1) is 0 Å². The minimum absolute atomic E-state index is 0.00768. The van der Waals surface area contributed by atoms with Crippen LogP contribution in [0.1, 0.15) is 30.6 Å². The predicted octanol–water partition coefficient (Wildman–Crippen LogP) is 2.86. The van der Waals surface area contributed by atoms with E-state index in [0.717, 1.165) is 26.1 Å². The molecule has 0 saturated carbocycles. The molecule has 0 atom stereocenters. The van der Waals surface area contributed by atoms with Crippen LogP contribution in [0.2, 0.25) is 5.02 Å². The van der Waals surface area contributed by atoms with Crippen LogP contribution in [-0.2, 0) is 0 Å². The number of rotatable bonds is 6. The third-order valence-electron chi connectivity index (χ3n) is 3.63. The van der Waals surface area contributed by atoms with Crippen LogP contribution >= 0.6 is 11.6 Å². The fourth-order valence-electron chi connectivity index (χ4n) is 2.36. The van der Waals surface area contributed by atoms with Crippen LogP contribution < -0.4 is 4.74 Å². The second-order valence-electron chi connectivity index (χ2n) is 4.86. The van der Waals surface area contributed by atoms with E-state index in [1.165, 1.54) is 0 Å². The fourth-order valence-corrected chi connectivity index (χ4v) is 2.53. The van der Waals surface area contributed by atoms with Crippen molar-refractivity contribution in [1.29, 1.82) is 0 Å². The van der Waals surface area contributed by atoms with Gasteiger partial charge in [0, 0.05) is 11.6 Å². The van der Waals surface area contributed by atoms with E-state index < -0.39 is 0 Å². The standard InChI is InChI=1S/C15H21ClN2O2/c1-3-17(4-2)8-5-9-18-11-20-14-7-6-12(16)10-13(14)15(18)19/h6-7,10H,3-5,8-9,11H2,1-2H3. The smallest absolute Gasteiger partial charge is 0.260 e. The number of hydrogen-bond donors (Lipinski definition) is 0. The Balaban J connectivity index is 1.94. The molecule has 1 aliphatic rings. The predicted molar refractivity (Wildman–Crippen MR) is 80.4 cm³/mol. The lowest BCUT2D eigenvalue weighted by molar-refractivity contribution is 0.0510. The quantitative estimate of drug-likeness (QED) is 0.809. The highest BCUT2D eigenvalue weighted by Crippen LogP contribution is 2.27. The average molecular weight is 297 g/mol. The van der Waals surface area contributed by atoms with Crippen LogP contribution in [0.15, 0.2) is 18.2 Å². The van der Waals surface area contributed by atoms with Crippen molar-refractivity contribution in [1.82, 2.24) is 9.80 Å². The first-order valence-electron chi connectivity index (χ1n) is 7.09. The van der Waals surface area contributed by atoms with Crippen LogP contribution in [0.5, 0.6) is 5.75 Å². The van der Waals surface area contributed by atoms with Gasteiger partial charge in [0.2, 0.25) is 0 Å². The Kier molecular flexibility index (Phi) is 5.26. The number of carbonyl (C=O) groups excluding carboxylic acids is 1. The zero-order chi connectivity index (χ0) is 14.5. The van der Waals surface area contributed by atoms with Crippen molar-refractivity contribution in [3.05, 3.63) is 28.8 Å². The molecular formula is C15H21ClN2O2. The number of hydrogen-bond acceptors (Lipinski definition) is 3. The van der Waals surface area contributed by atoms with Gasteiger partial charge in [0.15, 0.2) is 6.73 Å². The number of benzene rings is 1. The van der Waals surface area contributed by atoms with Gasteiger partial charge in [-0.2, -0.15) is 0 Å². The lowest BCUT2D eigenvalue weighted by Crippen LogP contribution is -2.40. The maximum atomic E-state index is 12.4. The molecule has 1 aromatic rings. The number of amides is 1. The molecule has 4 nitrogen and oxygen atoms in total. The monoisotopic (exact) mass is 296 g/mol. The van der Waals surface area contributed by atoms with Crippen LogP contribution in [-0.4, -0.2) is 48.6 Å². The molecule has 0 saturated heterocycles. The molecule has 1 heterocycles. The van der Waals surface area contributed by atoms with Crippen molar-refractivity contribution in [2.45, 2.75) is 20.3 Å². The Morgan fingerprint density at radius 1 is 1.35 bits per heavy atom. The van der Waals surface area contributed by atoms with Crippen molar-refractivity contribution < 1.29 is 9.53 Å². The van der Waals surface area contributed by atoms with Gasteiger partial charge in [0.05, 0.1) is 5.56 Å². The number of carbonyl (C=O) groups is 1. The van der Waals surface area contributed by atoms with Gasteiger partial charge < -0.3 is 14.5 Å². The van der Waals surface area contributed by atoms with E-state index in [4.69, 9.17) is 16.3 Å². The molecule has 110 valence electrons. The van der Waals surface area contributed by atoms with Gasteiger partial charge in [-0.15, -0.1) is 0 Å². The van der Waals surface area contributed by atoms with Crippen LogP contribution in [0.3, 0.4) is 0 Å². The third-order valence-corrected chi connectivity index (χ3v) is 3.87. The number of fused-ring (bicyclic) bond motifs is 1. The molecule has 1 aliphatic heterocycles. The zero-order valence-electron chi connectivity index (χ0n) is 12.1. The van der Waals surface area contributed by atoms with Crippen LogP contribution in [0.25, 0.3) is 0 Å². The number of ether oxygens (including phenoxy) is 1. The van der Waals surface area contributed by atoms with Crippen LogP contribution in [0.4, 0.5) is 0 Å². The first kappa shape index (κ1) is 15.1. The first-order valence-corrected chi connectivity index (χ1v) is 7.47. The lowest BCUT2D eigenvalue weighted by atomic mass is 10.1. The summed E-state index contributed by atoms with van der Waals surface area (Å²) in [4.78, 5) is 16.4. The summed E-state index contributed by atoms with van der Waals surface area (Å²) in [5.74, 6) is 0.632. The highest BCUT2D eigenvalue weighted by molar-refractivity contribution is 6.31. The molecule has 0 aromatic heterocycles. The maximum Gasteiger partial charge on any atom is 0.260 e. The molecule has 0 fully saturated rings. The van der Waals surface area contributed by atoms with E-state index in [0.29, 0.717) is 29.6 Å². The molecule has 0 unspecified atom stereocenters. The van der Waals surface area contributed by atoms with Crippen molar-refractivity contribution in [2.24, 2.45) is 0 Å². The molecule has 0 aliphatic carbocycles. The van der Waals surface area contributed by atoms with E-state index >= 15 is 0 Å². The highest BCUT2D eigenvalue weighted by atomic mass is 35.5. The molecule has 2 rings (SSSR count). The SMILES string of the molecule is CCN(CC)CCCN1COc2ccc(Cl)cc2C1=O. The largest absolute Gasteiger partial charge is 0.472 e. The summed E-state index contributed by atoms with van der Waals surface area (Å²) in [5.41, 5.74) is 0.562. The summed E-state index contributed by atoms with van der Waals surface area (Å²) in [6.07, 6.45) is 0.951. The molecule has 0 bridgehead atoms. The maximum absolute atomic E-state index is 12.4. The molecule has 0 spiro atoms. The topological polar surface area (TPSA) is 32.8 Å². The van der Waals surface area contributed by atoms with E-state index in [-0.39, 0.29) is 5.91 Å². The fraction of sp³-hybridized carbons (Fsp3) is 0.533. The molecule has 0 radical (unpaired) electrons. The Labute approximate surface area is 125 Å². The third kappa shape index (κ3) is 3.44. The van der Waals surface area contributed by atoms with E-state index in [9.17, 15) is 4.79 Å². The van der Waals surface area contributed by atoms with Gasteiger partial charge in [-0.1, -0.05) is 25.4 Å². The summed E-state index contributed by atoms with van der Waals surface area (Å²) in [5, 5.41) is 0.561. The summed E-state index contributed by atoms with van der Waals surface area (Å²) < 4.78 is 5.60. The van der Waals surface area contributed by atoms with E-state index in [1.54, 1.807) is 23.1 Å². The molecular weight excluding hydrogens is 276 g/mol. The lowest BCUT2D eigenvalue weighted by Gasteiger charge is -2.29. The Bertz CT molecular complexity index is 475. The highest BCUT2D eigenvalue weighted by Gasteiger charge is 2.25. The van der Waals surface area contributed by atoms with Crippen molar-refractivity contribution in [3.8, 4) is 5.75 Å². The molecule has 0 N–H and O–H groups in total. The van der Waals surface area contributed by atoms with Crippen molar-refractivity contribution >= 4 is 17.5 Å². The Morgan fingerprint density at radius 3 is 2.80 bits per heavy atom. The molecule has 1 aromatic carbocycles. The summed E-state index contributed by atoms with van der Waals surface area (Å²) >= 11 is 5.94.